The molecule has 0 aromatic heterocycles. The van der Waals surface area contributed by atoms with E-state index in [-0.39, 0.29) is 5.82 Å². The minimum atomic E-state index is -0.277. The lowest BCUT2D eigenvalue weighted by Crippen LogP contribution is -2.00. The van der Waals surface area contributed by atoms with Crippen LogP contribution in [0.15, 0.2) is 42.5 Å². The Morgan fingerprint density at radius 1 is 1.12 bits per heavy atom. The number of hydrogen-bond acceptors (Lipinski definition) is 2. The third-order valence-electron chi connectivity index (χ3n) is 2.55. The monoisotopic (exact) mass is 231 g/mol. The van der Waals surface area contributed by atoms with Gasteiger partial charge in [-0.15, -0.1) is 0 Å². The van der Waals surface area contributed by atoms with Crippen LogP contribution in [0.3, 0.4) is 0 Å². The van der Waals surface area contributed by atoms with Gasteiger partial charge in [0.2, 0.25) is 0 Å². The fourth-order valence-electron chi connectivity index (χ4n) is 1.64. The standard InChI is InChI=1S/C14H14FNO/c1-10-3-2-4-11(9-16)14(10)17-13-7-5-12(15)6-8-13/h2-8H,9,16H2,1H3. The molecule has 2 aromatic carbocycles. The topological polar surface area (TPSA) is 35.2 Å². The summed E-state index contributed by atoms with van der Waals surface area (Å²) in [6.07, 6.45) is 0. The van der Waals surface area contributed by atoms with Gasteiger partial charge in [0.15, 0.2) is 0 Å². The van der Waals surface area contributed by atoms with Crippen LogP contribution in [0.2, 0.25) is 0 Å². The summed E-state index contributed by atoms with van der Waals surface area (Å²) in [6.45, 7) is 2.37. The van der Waals surface area contributed by atoms with Crippen LogP contribution in [-0.4, -0.2) is 0 Å². The van der Waals surface area contributed by atoms with Crippen molar-refractivity contribution in [3.63, 3.8) is 0 Å². The van der Waals surface area contributed by atoms with Gasteiger partial charge in [0, 0.05) is 12.1 Å². The Morgan fingerprint density at radius 3 is 2.47 bits per heavy atom. The Hall–Kier alpha value is -1.87. The predicted molar refractivity (Wildman–Crippen MR) is 65.5 cm³/mol. The van der Waals surface area contributed by atoms with Crippen LogP contribution in [0, 0.1) is 12.7 Å². The first-order chi connectivity index (χ1) is 8.20. The molecule has 17 heavy (non-hydrogen) atoms. The summed E-state index contributed by atoms with van der Waals surface area (Å²) in [5.74, 6) is 1.08. The zero-order valence-electron chi connectivity index (χ0n) is 9.61. The molecular weight excluding hydrogens is 217 g/mol. The second-order valence-corrected chi connectivity index (χ2v) is 3.82. The van der Waals surface area contributed by atoms with Crippen molar-refractivity contribution in [2.75, 3.05) is 0 Å². The lowest BCUT2D eigenvalue weighted by atomic mass is 10.1. The third-order valence-corrected chi connectivity index (χ3v) is 2.55. The van der Waals surface area contributed by atoms with Gasteiger partial charge in [-0.25, -0.2) is 4.39 Å². The fourth-order valence-corrected chi connectivity index (χ4v) is 1.64. The number of ether oxygens (including phenoxy) is 1. The maximum Gasteiger partial charge on any atom is 0.134 e. The van der Waals surface area contributed by atoms with E-state index in [9.17, 15) is 4.39 Å². The van der Waals surface area contributed by atoms with E-state index < -0.39 is 0 Å². The van der Waals surface area contributed by atoms with Crippen LogP contribution in [0.5, 0.6) is 11.5 Å². The maximum absolute atomic E-state index is 12.8. The number of benzene rings is 2. The molecule has 2 rings (SSSR count). The molecule has 88 valence electrons. The molecule has 0 saturated heterocycles. The molecule has 0 radical (unpaired) electrons. The molecule has 0 saturated carbocycles. The van der Waals surface area contributed by atoms with Crippen LogP contribution < -0.4 is 10.5 Å². The summed E-state index contributed by atoms with van der Waals surface area (Å²) in [5.41, 5.74) is 7.61. The fraction of sp³-hybridized carbons (Fsp3) is 0.143. The van der Waals surface area contributed by atoms with Crippen molar-refractivity contribution in [2.24, 2.45) is 5.73 Å². The smallest absolute Gasteiger partial charge is 0.134 e. The number of para-hydroxylation sites is 1. The number of rotatable bonds is 3. The normalized spacial score (nSPS) is 10.3. The third kappa shape index (κ3) is 2.63. The first-order valence-corrected chi connectivity index (χ1v) is 5.42. The molecule has 2 N–H and O–H groups in total. The largest absolute Gasteiger partial charge is 0.457 e. The second-order valence-electron chi connectivity index (χ2n) is 3.82. The number of aryl methyl sites for hydroxylation is 1. The lowest BCUT2D eigenvalue weighted by molar-refractivity contribution is 0.471. The maximum atomic E-state index is 12.8. The molecule has 0 aliphatic rings. The van der Waals surface area contributed by atoms with Gasteiger partial charge in [-0.2, -0.15) is 0 Å². The van der Waals surface area contributed by atoms with Gasteiger partial charge in [-0.05, 0) is 36.8 Å². The SMILES string of the molecule is Cc1cccc(CN)c1Oc1ccc(F)cc1. The second kappa shape index (κ2) is 4.97. The van der Waals surface area contributed by atoms with E-state index in [2.05, 4.69) is 0 Å². The summed E-state index contributed by atoms with van der Waals surface area (Å²) in [4.78, 5) is 0. The molecule has 0 amide bonds. The Balaban J connectivity index is 2.32. The lowest BCUT2D eigenvalue weighted by Gasteiger charge is -2.12. The minimum absolute atomic E-state index is 0.277. The Kier molecular flexibility index (Phi) is 3.40. The molecule has 0 fully saturated rings. The summed E-state index contributed by atoms with van der Waals surface area (Å²) >= 11 is 0. The van der Waals surface area contributed by atoms with E-state index in [0.717, 1.165) is 16.9 Å². The molecule has 3 heteroatoms. The van der Waals surface area contributed by atoms with Crippen LogP contribution in [0.1, 0.15) is 11.1 Å². The first-order valence-electron chi connectivity index (χ1n) is 5.42. The average Bonchev–Trinajstić information content (AvgIpc) is 2.34. The molecule has 0 unspecified atom stereocenters. The van der Waals surface area contributed by atoms with Crippen molar-refractivity contribution in [3.05, 3.63) is 59.4 Å². The van der Waals surface area contributed by atoms with E-state index in [4.69, 9.17) is 10.5 Å². The first kappa shape index (κ1) is 11.6. The highest BCUT2D eigenvalue weighted by Crippen LogP contribution is 2.28. The van der Waals surface area contributed by atoms with Crippen LogP contribution in [0.25, 0.3) is 0 Å². The highest BCUT2D eigenvalue weighted by molar-refractivity contribution is 5.43. The van der Waals surface area contributed by atoms with Crippen LogP contribution in [0.4, 0.5) is 4.39 Å². The quantitative estimate of drug-likeness (QED) is 0.878. The van der Waals surface area contributed by atoms with E-state index in [1.165, 1.54) is 12.1 Å². The highest BCUT2D eigenvalue weighted by Gasteiger charge is 2.06. The minimum Gasteiger partial charge on any atom is -0.457 e. The zero-order valence-corrected chi connectivity index (χ0v) is 9.61. The van der Waals surface area contributed by atoms with Crippen molar-refractivity contribution in [1.29, 1.82) is 0 Å². The number of halogens is 1. The van der Waals surface area contributed by atoms with Gasteiger partial charge < -0.3 is 10.5 Å². The van der Waals surface area contributed by atoms with E-state index in [1.54, 1.807) is 12.1 Å². The van der Waals surface area contributed by atoms with E-state index in [1.807, 2.05) is 25.1 Å². The molecule has 0 spiro atoms. The summed E-state index contributed by atoms with van der Waals surface area (Å²) < 4.78 is 18.5. The molecule has 0 atom stereocenters. The van der Waals surface area contributed by atoms with Gasteiger partial charge in [0.05, 0.1) is 0 Å². The molecule has 0 aliphatic heterocycles. The zero-order chi connectivity index (χ0) is 12.3. The van der Waals surface area contributed by atoms with E-state index >= 15 is 0 Å². The summed E-state index contributed by atoms with van der Waals surface area (Å²) in [5, 5.41) is 0. The van der Waals surface area contributed by atoms with Crippen molar-refractivity contribution >= 4 is 0 Å². The van der Waals surface area contributed by atoms with Crippen molar-refractivity contribution in [3.8, 4) is 11.5 Å². The Labute approximate surface area is 99.8 Å². The van der Waals surface area contributed by atoms with Gasteiger partial charge in [0.1, 0.15) is 17.3 Å². The van der Waals surface area contributed by atoms with Gasteiger partial charge in [-0.3, -0.25) is 0 Å². The summed E-state index contributed by atoms with van der Waals surface area (Å²) in [6, 6.07) is 11.8. The molecule has 0 aliphatic carbocycles. The van der Waals surface area contributed by atoms with Gasteiger partial charge >= 0.3 is 0 Å². The molecular formula is C14H14FNO. The van der Waals surface area contributed by atoms with Crippen LogP contribution in [-0.2, 0) is 6.54 Å². The number of hydrogen-bond donors (Lipinski definition) is 1. The Morgan fingerprint density at radius 2 is 1.82 bits per heavy atom. The van der Waals surface area contributed by atoms with E-state index in [0.29, 0.717) is 12.3 Å². The average molecular weight is 231 g/mol. The highest BCUT2D eigenvalue weighted by atomic mass is 19.1. The predicted octanol–water partition coefficient (Wildman–Crippen LogP) is 3.39. The molecule has 2 nitrogen and oxygen atoms in total. The molecule has 0 heterocycles. The summed E-state index contributed by atoms with van der Waals surface area (Å²) in [7, 11) is 0. The molecule has 2 aromatic rings. The van der Waals surface area contributed by atoms with Gasteiger partial charge in [0.25, 0.3) is 0 Å². The van der Waals surface area contributed by atoms with Crippen molar-refractivity contribution in [1.82, 2.24) is 0 Å². The molecule has 0 bridgehead atoms. The Bertz CT molecular complexity index is 508. The van der Waals surface area contributed by atoms with Gasteiger partial charge in [-0.1, -0.05) is 18.2 Å². The van der Waals surface area contributed by atoms with Crippen LogP contribution >= 0.6 is 0 Å². The number of nitrogens with two attached hydrogens (primary N) is 1. The van der Waals surface area contributed by atoms with Crippen molar-refractivity contribution < 1.29 is 9.13 Å². The van der Waals surface area contributed by atoms with Crippen molar-refractivity contribution in [2.45, 2.75) is 13.5 Å².